The summed E-state index contributed by atoms with van der Waals surface area (Å²) in [5.74, 6) is 2.15. The van der Waals surface area contributed by atoms with Gasteiger partial charge >= 0.3 is 0 Å². The van der Waals surface area contributed by atoms with Crippen molar-refractivity contribution in [3.63, 3.8) is 0 Å². The summed E-state index contributed by atoms with van der Waals surface area (Å²) in [6, 6.07) is 13.2. The van der Waals surface area contributed by atoms with Gasteiger partial charge in [-0.2, -0.15) is 0 Å². The van der Waals surface area contributed by atoms with E-state index in [1.54, 1.807) is 26.4 Å². The lowest BCUT2D eigenvalue weighted by molar-refractivity contribution is 0.101. The van der Waals surface area contributed by atoms with Crippen LogP contribution in [0.2, 0.25) is 0 Å². The molecule has 140 valence electrons. The maximum Gasteiger partial charge on any atom is 0.196 e. The second kappa shape index (κ2) is 8.73. The smallest absolute Gasteiger partial charge is 0.196 e. The van der Waals surface area contributed by atoms with E-state index in [1.165, 1.54) is 11.8 Å². The summed E-state index contributed by atoms with van der Waals surface area (Å²) < 4.78 is 13.0. The molecule has 3 aromatic rings. The molecule has 27 heavy (non-hydrogen) atoms. The summed E-state index contributed by atoms with van der Waals surface area (Å²) in [6.07, 6.45) is 1.66. The standard InChI is InChI=1S/C20H21N3O3S/c1-4-26-18-10-9-15(14(2)24)11-16(18)12-27-20-22-21-13-23(20)17-7-5-6-8-19(17)25-3/h5-11,13H,4,12H2,1-3H3. The average molecular weight is 383 g/mol. The van der Waals surface area contributed by atoms with Crippen LogP contribution in [0, 0.1) is 0 Å². The van der Waals surface area contributed by atoms with E-state index in [0.717, 1.165) is 27.9 Å². The summed E-state index contributed by atoms with van der Waals surface area (Å²) in [5.41, 5.74) is 2.49. The number of hydrogen-bond donors (Lipinski definition) is 0. The number of Topliss-reactive ketones (excluding diaryl/α,β-unsaturated/α-hetero) is 1. The fourth-order valence-corrected chi connectivity index (χ4v) is 3.57. The monoisotopic (exact) mass is 383 g/mol. The van der Waals surface area contributed by atoms with Crippen LogP contribution in [-0.2, 0) is 5.75 Å². The lowest BCUT2D eigenvalue weighted by Gasteiger charge is -2.13. The van der Waals surface area contributed by atoms with E-state index in [9.17, 15) is 4.79 Å². The average Bonchev–Trinajstić information content (AvgIpc) is 3.15. The van der Waals surface area contributed by atoms with E-state index in [1.807, 2.05) is 47.9 Å². The van der Waals surface area contributed by atoms with E-state index in [-0.39, 0.29) is 5.78 Å². The Morgan fingerprint density at radius 3 is 2.74 bits per heavy atom. The van der Waals surface area contributed by atoms with Gasteiger partial charge in [-0.3, -0.25) is 9.36 Å². The minimum atomic E-state index is 0.0292. The third-order valence-electron chi connectivity index (χ3n) is 3.98. The highest BCUT2D eigenvalue weighted by Gasteiger charge is 2.14. The van der Waals surface area contributed by atoms with Gasteiger partial charge in [-0.25, -0.2) is 0 Å². The second-order valence-electron chi connectivity index (χ2n) is 5.76. The number of thioether (sulfide) groups is 1. The van der Waals surface area contributed by atoms with Crippen LogP contribution in [0.4, 0.5) is 0 Å². The Kier molecular flexibility index (Phi) is 6.13. The molecule has 0 saturated heterocycles. The molecule has 2 aromatic carbocycles. The molecule has 0 spiro atoms. The molecule has 0 atom stereocenters. The van der Waals surface area contributed by atoms with E-state index in [0.29, 0.717) is 17.9 Å². The largest absolute Gasteiger partial charge is 0.495 e. The number of ether oxygens (including phenoxy) is 2. The fraction of sp³-hybridized carbons (Fsp3) is 0.250. The third kappa shape index (κ3) is 4.31. The lowest BCUT2D eigenvalue weighted by atomic mass is 10.1. The summed E-state index contributed by atoms with van der Waals surface area (Å²) in [6.45, 7) is 4.06. The van der Waals surface area contributed by atoms with Gasteiger partial charge in [0, 0.05) is 16.9 Å². The van der Waals surface area contributed by atoms with Gasteiger partial charge in [0.15, 0.2) is 10.9 Å². The van der Waals surface area contributed by atoms with Crippen LogP contribution in [0.3, 0.4) is 0 Å². The number of carbonyl (C=O) groups excluding carboxylic acids is 1. The molecule has 0 amide bonds. The van der Waals surface area contributed by atoms with Crippen molar-refractivity contribution in [2.75, 3.05) is 13.7 Å². The lowest BCUT2D eigenvalue weighted by Crippen LogP contribution is -2.01. The van der Waals surface area contributed by atoms with Crippen molar-refractivity contribution >= 4 is 17.5 Å². The van der Waals surface area contributed by atoms with Crippen LogP contribution < -0.4 is 9.47 Å². The first-order chi connectivity index (χ1) is 13.1. The quantitative estimate of drug-likeness (QED) is 0.430. The zero-order valence-corrected chi connectivity index (χ0v) is 16.3. The van der Waals surface area contributed by atoms with Gasteiger partial charge in [-0.15, -0.1) is 10.2 Å². The highest BCUT2D eigenvalue weighted by Crippen LogP contribution is 2.31. The van der Waals surface area contributed by atoms with Crippen molar-refractivity contribution in [2.24, 2.45) is 0 Å². The Hall–Kier alpha value is -2.80. The molecule has 0 aliphatic heterocycles. The van der Waals surface area contributed by atoms with Gasteiger partial charge in [-0.05, 0) is 44.2 Å². The molecule has 0 aliphatic rings. The number of ketones is 1. The fourth-order valence-electron chi connectivity index (χ4n) is 2.67. The predicted molar refractivity (Wildman–Crippen MR) is 105 cm³/mol. The highest BCUT2D eigenvalue weighted by molar-refractivity contribution is 7.98. The first kappa shape index (κ1) is 19.0. The molecule has 1 aromatic heterocycles. The molecule has 0 saturated carbocycles. The zero-order chi connectivity index (χ0) is 19.2. The number of nitrogens with zero attached hydrogens (tertiary/aromatic N) is 3. The number of hydrogen-bond acceptors (Lipinski definition) is 6. The SMILES string of the molecule is CCOc1ccc(C(C)=O)cc1CSc1nncn1-c1ccccc1OC. The van der Waals surface area contributed by atoms with E-state index in [4.69, 9.17) is 9.47 Å². The molecule has 0 fully saturated rings. The van der Waals surface area contributed by atoms with Crippen molar-refractivity contribution in [1.82, 2.24) is 14.8 Å². The van der Waals surface area contributed by atoms with Gasteiger partial charge in [0.2, 0.25) is 0 Å². The number of para-hydroxylation sites is 2. The zero-order valence-electron chi connectivity index (χ0n) is 15.5. The minimum Gasteiger partial charge on any atom is -0.495 e. The van der Waals surface area contributed by atoms with Crippen LogP contribution in [-0.4, -0.2) is 34.3 Å². The molecule has 3 rings (SSSR count). The molecule has 1 heterocycles. The van der Waals surface area contributed by atoms with Gasteiger partial charge < -0.3 is 9.47 Å². The van der Waals surface area contributed by atoms with Gasteiger partial charge in [-0.1, -0.05) is 23.9 Å². The number of benzene rings is 2. The normalized spacial score (nSPS) is 10.6. The number of aromatic nitrogens is 3. The first-order valence-electron chi connectivity index (χ1n) is 8.57. The van der Waals surface area contributed by atoms with Crippen LogP contribution in [0.25, 0.3) is 5.69 Å². The van der Waals surface area contributed by atoms with Crippen LogP contribution in [0.5, 0.6) is 11.5 Å². The van der Waals surface area contributed by atoms with Crippen LogP contribution in [0.1, 0.15) is 29.8 Å². The van der Waals surface area contributed by atoms with Crippen molar-refractivity contribution in [3.8, 4) is 17.2 Å². The summed E-state index contributed by atoms with van der Waals surface area (Å²) >= 11 is 1.52. The molecule has 0 N–H and O–H groups in total. The van der Waals surface area contributed by atoms with E-state index in [2.05, 4.69) is 10.2 Å². The molecular formula is C20H21N3O3S. The second-order valence-corrected chi connectivity index (χ2v) is 6.70. The molecule has 0 aliphatic carbocycles. The van der Waals surface area contributed by atoms with Crippen molar-refractivity contribution in [3.05, 3.63) is 59.9 Å². The van der Waals surface area contributed by atoms with Gasteiger partial charge in [0.1, 0.15) is 17.8 Å². The summed E-state index contributed by atoms with van der Waals surface area (Å²) in [5, 5.41) is 9.00. The first-order valence-corrected chi connectivity index (χ1v) is 9.55. The maximum absolute atomic E-state index is 11.7. The summed E-state index contributed by atoms with van der Waals surface area (Å²) in [7, 11) is 1.64. The molecule has 0 bridgehead atoms. The van der Waals surface area contributed by atoms with Crippen LogP contribution >= 0.6 is 11.8 Å². The van der Waals surface area contributed by atoms with E-state index >= 15 is 0 Å². The Morgan fingerprint density at radius 2 is 2.00 bits per heavy atom. The predicted octanol–water partition coefficient (Wildman–Crippen LogP) is 4.17. The van der Waals surface area contributed by atoms with Gasteiger partial charge in [0.05, 0.1) is 19.4 Å². The number of rotatable bonds is 8. The van der Waals surface area contributed by atoms with Gasteiger partial charge in [0.25, 0.3) is 0 Å². The maximum atomic E-state index is 11.7. The molecule has 6 nitrogen and oxygen atoms in total. The number of carbonyl (C=O) groups is 1. The Bertz CT molecular complexity index is 940. The van der Waals surface area contributed by atoms with E-state index < -0.39 is 0 Å². The van der Waals surface area contributed by atoms with Crippen molar-refractivity contribution in [2.45, 2.75) is 24.8 Å². The van der Waals surface area contributed by atoms with Crippen molar-refractivity contribution < 1.29 is 14.3 Å². The molecular weight excluding hydrogens is 362 g/mol. The summed E-state index contributed by atoms with van der Waals surface area (Å²) in [4.78, 5) is 11.7. The van der Waals surface area contributed by atoms with Crippen LogP contribution in [0.15, 0.2) is 53.9 Å². The Morgan fingerprint density at radius 1 is 1.19 bits per heavy atom. The Balaban J connectivity index is 1.87. The third-order valence-corrected chi connectivity index (χ3v) is 4.98. The molecule has 0 unspecified atom stereocenters. The highest BCUT2D eigenvalue weighted by atomic mass is 32.2. The van der Waals surface area contributed by atoms with Crippen molar-refractivity contribution in [1.29, 1.82) is 0 Å². The minimum absolute atomic E-state index is 0.0292. The molecule has 7 heteroatoms. The number of methoxy groups -OCH3 is 1. The Labute approximate surface area is 162 Å². The topological polar surface area (TPSA) is 66.2 Å². The molecule has 0 radical (unpaired) electrons.